The lowest BCUT2D eigenvalue weighted by Gasteiger charge is -2.23. The van der Waals surface area contributed by atoms with Crippen molar-refractivity contribution in [3.05, 3.63) is 0 Å². The molecule has 0 aromatic rings. The van der Waals surface area contributed by atoms with E-state index in [-0.39, 0.29) is 0 Å². The molecule has 1 unspecified atom stereocenters. The van der Waals surface area contributed by atoms with E-state index in [0.717, 1.165) is 18.4 Å². The molecule has 0 aliphatic carbocycles. The zero-order chi connectivity index (χ0) is 11.6. The molecule has 1 rings (SSSR count). The second-order valence-corrected chi connectivity index (χ2v) is 5.37. The topological polar surface area (TPSA) is 24.1 Å². The van der Waals surface area contributed by atoms with Crippen LogP contribution in [-0.2, 0) is 0 Å². The molecule has 2 N–H and O–H groups in total. The summed E-state index contributed by atoms with van der Waals surface area (Å²) in [4.78, 5) is 0. The standard InChI is InChI=1S/C14H30N2/c1-3-15-10-7-13(2)5-4-6-14-8-11-16-12-9-14/h13-16H,3-12H2,1-2H3. The summed E-state index contributed by atoms with van der Waals surface area (Å²) in [6.07, 6.45) is 8.50. The summed E-state index contributed by atoms with van der Waals surface area (Å²) in [7, 11) is 0. The maximum Gasteiger partial charge on any atom is -0.00463 e. The van der Waals surface area contributed by atoms with Crippen molar-refractivity contribution < 1.29 is 0 Å². The summed E-state index contributed by atoms with van der Waals surface area (Å²) < 4.78 is 0. The Bertz CT molecular complexity index is 153. The summed E-state index contributed by atoms with van der Waals surface area (Å²) in [5, 5.41) is 6.85. The van der Waals surface area contributed by atoms with E-state index in [4.69, 9.17) is 0 Å². The van der Waals surface area contributed by atoms with Gasteiger partial charge in [0.15, 0.2) is 0 Å². The van der Waals surface area contributed by atoms with E-state index in [1.807, 2.05) is 0 Å². The maximum absolute atomic E-state index is 3.44. The van der Waals surface area contributed by atoms with Crippen LogP contribution in [-0.4, -0.2) is 26.2 Å². The summed E-state index contributed by atoms with van der Waals surface area (Å²) in [6.45, 7) is 9.40. The molecule has 1 aliphatic rings. The van der Waals surface area contributed by atoms with Crippen molar-refractivity contribution in [2.45, 2.75) is 52.4 Å². The third kappa shape index (κ3) is 6.49. The zero-order valence-electron chi connectivity index (χ0n) is 11.2. The molecule has 1 aliphatic heterocycles. The first-order valence-electron chi connectivity index (χ1n) is 7.24. The summed E-state index contributed by atoms with van der Waals surface area (Å²) in [6, 6.07) is 0. The first-order valence-corrected chi connectivity index (χ1v) is 7.24. The minimum atomic E-state index is 0.903. The molecule has 1 atom stereocenters. The predicted molar refractivity (Wildman–Crippen MR) is 71.8 cm³/mol. The van der Waals surface area contributed by atoms with Gasteiger partial charge in [-0.1, -0.05) is 33.1 Å². The summed E-state index contributed by atoms with van der Waals surface area (Å²) in [5.74, 6) is 1.92. The van der Waals surface area contributed by atoms with Gasteiger partial charge in [-0.25, -0.2) is 0 Å². The van der Waals surface area contributed by atoms with Crippen LogP contribution in [0.4, 0.5) is 0 Å². The van der Waals surface area contributed by atoms with E-state index in [2.05, 4.69) is 24.5 Å². The van der Waals surface area contributed by atoms with Crippen molar-refractivity contribution in [2.24, 2.45) is 11.8 Å². The Morgan fingerprint density at radius 1 is 1.25 bits per heavy atom. The van der Waals surface area contributed by atoms with Crippen LogP contribution >= 0.6 is 0 Å². The van der Waals surface area contributed by atoms with Gasteiger partial charge in [0.05, 0.1) is 0 Å². The average Bonchev–Trinajstić information content (AvgIpc) is 2.31. The van der Waals surface area contributed by atoms with Crippen LogP contribution in [0.3, 0.4) is 0 Å². The van der Waals surface area contributed by atoms with Gasteiger partial charge in [0.1, 0.15) is 0 Å². The lowest BCUT2D eigenvalue weighted by Crippen LogP contribution is -2.27. The maximum atomic E-state index is 3.44. The van der Waals surface area contributed by atoms with Crippen LogP contribution in [0.5, 0.6) is 0 Å². The van der Waals surface area contributed by atoms with Crippen LogP contribution in [0, 0.1) is 11.8 Å². The van der Waals surface area contributed by atoms with E-state index in [1.165, 1.54) is 58.2 Å². The smallest absolute Gasteiger partial charge is 0.00463 e. The molecule has 0 spiro atoms. The molecule has 0 bridgehead atoms. The highest BCUT2D eigenvalue weighted by Crippen LogP contribution is 2.21. The lowest BCUT2D eigenvalue weighted by molar-refractivity contribution is 0.330. The highest BCUT2D eigenvalue weighted by atomic mass is 14.9. The van der Waals surface area contributed by atoms with Crippen molar-refractivity contribution in [3.63, 3.8) is 0 Å². The fourth-order valence-corrected chi connectivity index (χ4v) is 2.59. The predicted octanol–water partition coefficient (Wildman–Crippen LogP) is 2.79. The van der Waals surface area contributed by atoms with E-state index in [1.54, 1.807) is 0 Å². The number of nitrogens with one attached hydrogen (secondary N) is 2. The van der Waals surface area contributed by atoms with E-state index in [0.29, 0.717) is 0 Å². The van der Waals surface area contributed by atoms with Gasteiger partial charge < -0.3 is 10.6 Å². The van der Waals surface area contributed by atoms with Crippen molar-refractivity contribution >= 4 is 0 Å². The fourth-order valence-electron chi connectivity index (χ4n) is 2.59. The Balaban J connectivity index is 1.92. The van der Waals surface area contributed by atoms with Gasteiger partial charge in [0, 0.05) is 0 Å². The fraction of sp³-hybridized carbons (Fsp3) is 1.00. The largest absolute Gasteiger partial charge is 0.317 e. The molecule has 96 valence electrons. The number of hydrogen-bond donors (Lipinski definition) is 2. The zero-order valence-corrected chi connectivity index (χ0v) is 11.2. The molecule has 1 fully saturated rings. The average molecular weight is 226 g/mol. The third-order valence-corrected chi connectivity index (χ3v) is 3.83. The Labute approximate surface area is 102 Å². The minimum absolute atomic E-state index is 0.903. The van der Waals surface area contributed by atoms with Gasteiger partial charge in [-0.15, -0.1) is 0 Å². The van der Waals surface area contributed by atoms with Crippen LogP contribution < -0.4 is 10.6 Å². The van der Waals surface area contributed by atoms with E-state index in [9.17, 15) is 0 Å². The van der Waals surface area contributed by atoms with Gasteiger partial charge >= 0.3 is 0 Å². The first-order chi connectivity index (χ1) is 7.83. The Kier molecular flexibility index (Phi) is 7.87. The van der Waals surface area contributed by atoms with Crippen molar-refractivity contribution in [2.75, 3.05) is 26.2 Å². The van der Waals surface area contributed by atoms with Crippen molar-refractivity contribution in [1.29, 1.82) is 0 Å². The first kappa shape index (κ1) is 14.0. The van der Waals surface area contributed by atoms with Gasteiger partial charge in [-0.2, -0.15) is 0 Å². The molecule has 0 aromatic carbocycles. The van der Waals surface area contributed by atoms with Gasteiger partial charge in [-0.3, -0.25) is 0 Å². The molecule has 1 saturated heterocycles. The Morgan fingerprint density at radius 3 is 2.69 bits per heavy atom. The molecule has 0 amide bonds. The van der Waals surface area contributed by atoms with E-state index < -0.39 is 0 Å². The number of piperidine rings is 1. The normalized spacial score (nSPS) is 19.9. The SMILES string of the molecule is CCNCCC(C)CCCC1CCNCC1. The van der Waals surface area contributed by atoms with Crippen LogP contribution in [0.2, 0.25) is 0 Å². The Morgan fingerprint density at radius 2 is 2.00 bits per heavy atom. The van der Waals surface area contributed by atoms with Crippen molar-refractivity contribution in [1.82, 2.24) is 10.6 Å². The highest BCUT2D eigenvalue weighted by Gasteiger charge is 2.12. The molecular weight excluding hydrogens is 196 g/mol. The molecule has 0 aromatic heterocycles. The molecule has 1 heterocycles. The summed E-state index contributed by atoms with van der Waals surface area (Å²) >= 11 is 0. The van der Waals surface area contributed by atoms with Crippen LogP contribution in [0.25, 0.3) is 0 Å². The van der Waals surface area contributed by atoms with Crippen LogP contribution in [0.1, 0.15) is 52.4 Å². The van der Waals surface area contributed by atoms with Gasteiger partial charge in [-0.05, 0) is 57.3 Å². The third-order valence-electron chi connectivity index (χ3n) is 3.83. The van der Waals surface area contributed by atoms with Gasteiger partial charge in [0.2, 0.25) is 0 Å². The molecule has 16 heavy (non-hydrogen) atoms. The number of hydrogen-bond acceptors (Lipinski definition) is 2. The van der Waals surface area contributed by atoms with Crippen LogP contribution in [0.15, 0.2) is 0 Å². The summed E-state index contributed by atoms with van der Waals surface area (Å²) in [5.41, 5.74) is 0. The van der Waals surface area contributed by atoms with E-state index >= 15 is 0 Å². The molecule has 2 heteroatoms. The monoisotopic (exact) mass is 226 g/mol. The quantitative estimate of drug-likeness (QED) is 0.622. The highest BCUT2D eigenvalue weighted by molar-refractivity contribution is 4.69. The molecule has 0 radical (unpaired) electrons. The molecule has 2 nitrogen and oxygen atoms in total. The van der Waals surface area contributed by atoms with Gasteiger partial charge in [0.25, 0.3) is 0 Å². The second-order valence-electron chi connectivity index (χ2n) is 5.37. The minimum Gasteiger partial charge on any atom is -0.317 e. The van der Waals surface area contributed by atoms with Crippen molar-refractivity contribution in [3.8, 4) is 0 Å². The Hall–Kier alpha value is -0.0800. The molecule has 0 saturated carbocycles. The number of rotatable bonds is 8. The lowest BCUT2D eigenvalue weighted by atomic mass is 9.90. The second kappa shape index (κ2) is 9.00. The molecular formula is C14H30N2.